The molecule has 0 aliphatic rings. The average Bonchev–Trinajstić information content (AvgIpc) is 2.71. The molecule has 27 heavy (non-hydrogen) atoms. The summed E-state index contributed by atoms with van der Waals surface area (Å²) in [5.74, 6) is 0. The number of aryl methyl sites for hydroxylation is 2. The van der Waals surface area contributed by atoms with Gasteiger partial charge >= 0.3 is 0 Å². The molecule has 4 aromatic rings. The molecule has 0 atom stereocenters. The first-order valence-electron chi connectivity index (χ1n) is 9.29. The van der Waals surface area contributed by atoms with Gasteiger partial charge in [0, 0.05) is 11.4 Å². The molecule has 1 N–H and O–H groups in total. The minimum atomic E-state index is 1.09. The number of rotatable bonds is 4. The van der Waals surface area contributed by atoms with E-state index in [1.54, 1.807) is 0 Å². The van der Waals surface area contributed by atoms with E-state index >= 15 is 0 Å². The molecule has 0 bridgehead atoms. The Labute approximate surface area is 161 Å². The van der Waals surface area contributed by atoms with E-state index in [4.69, 9.17) is 0 Å². The van der Waals surface area contributed by atoms with E-state index in [1.807, 2.05) is 0 Å². The molecule has 0 amide bonds. The molecule has 1 heteroatoms. The minimum Gasteiger partial charge on any atom is -0.356 e. The standard InChI is InChI=1S/C26H23N/c1-19-3-7-21(8-4-19)23-11-15-25(16-12-23)27-26-17-13-24(14-18-26)22-9-5-20(2)6-10-22/h3-18,27H,1-2H3. The van der Waals surface area contributed by atoms with Crippen LogP contribution in [0.2, 0.25) is 0 Å². The topological polar surface area (TPSA) is 12.0 Å². The van der Waals surface area contributed by atoms with Crippen molar-refractivity contribution in [2.75, 3.05) is 5.32 Å². The fourth-order valence-corrected chi connectivity index (χ4v) is 3.15. The molecule has 0 saturated heterocycles. The molecular weight excluding hydrogens is 326 g/mol. The monoisotopic (exact) mass is 349 g/mol. The van der Waals surface area contributed by atoms with E-state index < -0.39 is 0 Å². The lowest BCUT2D eigenvalue weighted by atomic mass is 10.0. The van der Waals surface area contributed by atoms with Gasteiger partial charge < -0.3 is 5.32 Å². The van der Waals surface area contributed by atoms with E-state index in [9.17, 15) is 0 Å². The highest BCUT2D eigenvalue weighted by Crippen LogP contribution is 2.26. The molecule has 0 heterocycles. The fourth-order valence-electron chi connectivity index (χ4n) is 3.15. The lowest BCUT2D eigenvalue weighted by molar-refractivity contribution is 1.46. The molecule has 0 aromatic heterocycles. The van der Waals surface area contributed by atoms with E-state index in [-0.39, 0.29) is 0 Å². The first-order valence-corrected chi connectivity index (χ1v) is 9.29. The lowest BCUT2D eigenvalue weighted by Gasteiger charge is -2.09. The molecule has 0 fully saturated rings. The van der Waals surface area contributed by atoms with Crippen molar-refractivity contribution in [3.63, 3.8) is 0 Å². The summed E-state index contributed by atoms with van der Waals surface area (Å²) < 4.78 is 0. The van der Waals surface area contributed by atoms with Gasteiger partial charge in [-0.2, -0.15) is 0 Å². The molecule has 0 radical (unpaired) electrons. The zero-order valence-electron chi connectivity index (χ0n) is 15.7. The summed E-state index contributed by atoms with van der Waals surface area (Å²) in [6.45, 7) is 4.22. The third-order valence-electron chi connectivity index (χ3n) is 4.83. The van der Waals surface area contributed by atoms with Crippen molar-refractivity contribution in [3.8, 4) is 22.3 Å². The Bertz CT molecular complexity index is 923. The van der Waals surface area contributed by atoms with Crippen LogP contribution in [0.3, 0.4) is 0 Å². The summed E-state index contributed by atoms with van der Waals surface area (Å²) in [5.41, 5.74) is 9.70. The zero-order chi connectivity index (χ0) is 18.6. The molecule has 0 aliphatic heterocycles. The second kappa shape index (κ2) is 7.51. The summed E-state index contributed by atoms with van der Waals surface area (Å²) in [4.78, 5) is 0. The van der Waals surface area contributed by atoms with Crippen LogP contribution in [0.5, 0.6) is 0 Å². The molecule has 4 rings (SSSR count). The van der Waals surface area contributed by atoms with Gasteiger partial charge in [-0.25, -0.2) is 0 Å². The summed E-state index contributed by atoms with van der Waals surface area (Å²) in [5, 5.41) is 3.48. The van der Waals surface area contributed by atoms with Crippen molar-refractivity contribution < 1.29 is 0 Å². The maximum Gasteiger partial charge on any atom is 0.0384 e. The molecule has 1 nitrogen and oxygen atoms in total. The predicted octanol–water partition coefficient (Wildman–Crippen LogP) is 7.38. The fraction of sp³-hybridized carbons (Fsp3) is 0.0769. The van der Waals surface area contributed by atoms with Crippen molar-refractivity contribution in [2.24, 2.45) is 0 Å². The number of nitrogens with one attached hydrogen (secondary N) is 1. The normalized spacial score (nSPS) is 10.6. The molecule has 132 valence electrons. The van der Waals surface area contributed by atoms with Crippen molar-refractivity contribution in [1.82, 2.24) is 0 Å². The highest BCUT2D eigenvalue weighted by atomic mass is 14.9. The summed E-state index contributed by atoms with van der Waals surface area (Å²) in [7, 11) is 0. The van der Waals surface area contributed by atoms with Gasteiger partial charge in [0.15, 0.2) is 0 Å². The van der Waals surface area contributed by atoms with Crippen molar-refractivity contribution in [1.29, 1.82) is 0 Å². The van der Waals surface area contributed by atoms with Crippen LogP contribution in [-0.4, -0.2) is 0 Å². The van der Waals surface area contributed by atoms with Gasteiger partial charge in [-0.05, 0) is 60.4 Å². The van der Waals surface area contributed by atoms with Crippen LogP contribution in [0.15, 0.2) is 97.1 Å². The van der Waals surface area contributed by atoms with Gasteiger partial charge in [0.05, 0.1) is 0 Å². The summed E-state index contributed by atoms with van der Waals surface area (Å²) >= 11 is 0. The third-order valence-corrected chi connectivity index (χ3v) is 4.83. The summed E-state index contributed by atoms with van der Waals surface area (Å²) in [6.07, 6.45) is 0. The molecule has 0 aliphatic carbocycles. The highest BCUT2D eigenvalue weighted by Gasteiger charge is 2.01. The zero-order valence-corrected chi connectivity index (χ0v) is 15.7. The Morgan fingerprint density at radius 2 is 0.630 bits per heavy atom. The molecule has 4 aromatic carbocycles. The van der Waals surface area contributed by atoms with E-state index in [0.717, 1.165) is 11.4 Å². The van der Waals surface area contributed by atoms with E-state index in [0.29, 0.717) is 0 Å². The molecule has 0 spiro atoms. The molecule has 0 saturated carbocycles. The van der Waals surface area contributed by atoms with Crippen LogP contribution in [0.25, 0.3) is 22.3 Å². The first kappa shape index (κ1) is 17.1. The van der Waals surface area contributed by atoms with E-state index in [2.05, 4.69) is 116 Å². The number of hydrogen-bond donors (Lipinski definition) is 1. The van der Waals surface area contributed by atoms with Crippen molar-refractivity contribution in [3.05, 3.63) is 108 Å². The maximum atomic E-state index is 3.48. The Balaban J connectivity index is 1.47. The van der Waals surface area contributed by atoms with E-state index in [1.165, 1.54) is 33.4 Å². The second-order valence-corrected chi connectivity index (χ2v) is 7.01. The van der Waals surface area contributed by atoms with Crippen LogP contribution < -0.4 is 5.32 Å². The lowest BCUT2D eigenvalue weighted by Crippen LogP contribution is -1.90. The van der Waals surface area contributed by atoms with Gasteiger partial charge in [0.2, 0.25) is 0 Å². The number of benzene rings is 4. The maximum absolute atomic E-state index is 3.48. The van der Waals surface area contributed by atoms with Crippen LogP contribution in [0.4, 0.5) is 11.4 Å². The smallest absolute Gasteiger partial charge is 0.0384 e. The Kier molecular flexibility index (Phi) is 4.76. The first-order chi connectivity index (χ1) is 13.2. The SMILES string of the molecule is Cc1ccc(-c2ccc(Nc3ccc(-c4ccc(C)cc4)cc3)cc2)cc1. The van der Waals surface area contributed by atoms with Crippen LogP contribution >= 0.6 is 0 Å². The average molecular weight is 349 g/mol. The number of anilines is 2. The largest absolute Gasteiger partial charge is 0.356 e. The van der Waals surface area contributed by atoms with Crippen molar-refractivity contribution >= 4 is 11.4 Å². The van der Waals surface area contributed by atoms with Crippen LogP contribution in [0, 0.1) is 13.8 Å². The Morgan fingerprint density at radius 1 is 0.370 bits per heavy atom. The highest BCUT2D eigenvalue weighted by molar-refractivity contribution is 5.71. The van der Waals surface area contributed by atoms with Gasteiger partial charge in [0.1, 0.15) is 0 Å². The Morgan fingerprint density at radius 3 is 0.926 bits per heavy atom. The second-order valence-electron chi connectivity index (χ2n) is 7.01. The van der Waals surface area contributed by atoms with Gasteiger partial charge in [-0.1, -0.05) is 83.9 Å². The van der Waals surface area contributed by atoms with Crippen molar-refractivity contribution in [2.45, 2.75) is 13.8 Å². The van der Waals surface area contributed by atoms with Gasteiger partial charge in [-0.15, -0.1) is 0 Å². The van der Waals surface area contributed by atoms with Crippen LogP contribution in [0.1, 0.15) is 11.1 Å². The predicted molar refractivity (Wildman–Crippen MR) is 117 cm³/mol. The van der Waals surface area contributed by atoms with Crippen LogP contribution in [-0.2, 0) is 0 Å². The summed E-state index contributed by atoms with van der Waals surface area (Å²) in [6, 6.07) is 34.4. The molecular formula is C26H23N. The third kappa shape index (κ3) is 4.09. The molecule has 0 unspecified atom stereocenters. The Hall–Kier alpha value is -3.32. The quantitative estimate of drug-likeness (QED) is 0.405. The van der Waals surface area contributed by atoms with Gasteiger partial charge in [0.25, 0.3) is 0 Å². The van der Waals surface area contributed by atoms with Gasteiger partial charge in [-0.3, -0.25) is 0 Å². The number of hydrogen-bond acceptors (Lipinski definition) is 1. The minimum absolute atomic E-state index is 1.09.